The van der Waals surface area contributed by atoms with Gasteiger partial charge in [0.15, 0.2) is 0 Å². The van der Waals surface area contributed by atoms with Crippen molar-refractivity contribution in [3.8, 4) is 0 Å². The SMILES string of the molecule is Cc1sc(C(N)C2CCC(C)CC2)cc1Br. The zero-order valence-corrected chi connectivity index (χ0v) is 12.4. The van der Waals surface area contributed by atoms with Crippen molar-refractivity contribution < 1.29 is 0 Å². The van der Waals surface area contributed by atoms with Gasteiger partial charge in [0.25, 0.3) is 0 Å². The maximum absolute atomic E-state index is 6.39. The summed E-state index contributed by atoms with van der Waals surface area (Å²) in [6, 6.07) is 2.46. The summed E-state index contributed by atoms with van der Waals surface area (Å²) in [6.07, 6.45) is 5.31. The topological polar surface area (TPSA) is 26.0 Å². The van der Waals surface area contributed by atoms with Crippen LogP contribution in [-0.2, 0) is 0 Å². The molecule has 0 aromatic carbocycles. The zero-order valence-electron chi connectivity index (χ0n) is 10.0. The number of thiophene rings is 1. The Balaban J connectivity index is 2.04. The van der Waals surface area contributed by atoms with Crippen molar-refractivity contribution in [1.29, 1.82) is 0 Å². The molecule has 1 aromatic rings. The average Bonchev–Trinajstić information content (AvgIpc) is 2.59. The van der Waals surface area contributed by atoms with Gasteiger partial charge in [-0.25, -0.2) is 0 Å². The summed E-state index contributed by atoms with van der Waals surface area (Å²) < 4.78 is 1.21. The molecule has 1 nitrogen and oxygen atoms in total. The summed E-state index contributed by atoms with van der Waals surface area (Å²) in [7, 11) is 0. The minimum Gasteiger partial charge on any atom is -0.323 e. The first-order valence-corrected chi connectivity index (χ1v) is 7.70. The van der Waals surface area contributed by atoms with Crippen LogP contribution in [-0.4, -0.2) is 0 Å². The van der Waals surface area contributed by atoms with Crippen molar-refractivity contribution >= 4 is 27.3 Å². The Bertz CT molecular complexity index is 333. The molecule has 1 saturated carbocycles. The molecule has 1 heterocycles. The number of rotatable bonds is 2. The first-order chi connectivity index (χ1) is 7.58. The fourth-order valence-corrected chi connectivity index (χ4v) is 4.18. The van der Waals surface area contributed by atoms with Gasteiger partial charge in [-0.05, 0) is 53.6 Å². The van der Waals surface area contributed by atoms with Crippen LogP contribution >= 0.6 is 27.3 Å². The molecule has 0 saturated heterocycles. The van der Waals surface area contributed by atoms with E-state index in [0.29, 0.717) is 5.92 Å². The van der Waals surface area contributed by atoms with Gasteiger partial charge in [-0.3, -0.25) is 0 Å². The highest BCUT2D eigenvalue weighted by Gasteiger charge is 2.25. The maximum Gasteiger partial charge on any atom is 0.0418 e. The third-order valence-corrected chi connectivity index (χ3v) is 6.01. The lowest BCUT2D eigenvalue weighted by Crippen LogP contribution is -2.24. The van der Waals surface area contributed by atoms with E-state index in [0.717, 1.165) is 5.92 Å². The number of hydrogen-bond acceptors (Lipinski definition) is 2. The van der Waals surface area contributed by atoms with Crippen LogP contribution in [0.4, 0.5) is 0 Å². The molecule has 1 unspecified atom stereocenters. The fraction of sp³-hybridized carbons (Fsp3) is 0.692. The molecule has 0 amide bonds. The van der Waals surface area contributed by atoms with E-state index < -0.39 is 0 Å². The monoisotopic (exact) mass is 301 g/mol. The number of hydrogen-bond donors (Lipinski definition) is 1. The summed E-state index contributed by atoms with van der Waals surface area (Å²) in [6.45, 7) is 4.50. The second-order valence-electron chi connectivity index (χ2n) is 5.10. The Morgan fingerprint density at radius 1 is 1.38 bits per heavy atom. The smallest absolute Gasteiger partial charge is 0.0418 e. The summed E-state index contributed by atoms with van der Waals surface area (Å²) in [5, 5.41) is 0. The molecule has 1 aliphatic rings. The predicted molar refractivity (Wildman–Crippen MR) is 74.8 cm³/mol. The van der Waals surface area contributed by atoms with E-state index in [-0.39, 0.29) is 6.04 Å². The van der Waals surface area contributed by atoms with Gasteiger partial charge in [0.1, 0.15) is 0 Å². The lowest BCUT2D eigenvalue weighted by Gasteiger charge is -2.30. The molecule has 90 valence electrons. The molecule has 1 atom stereocenters. The van der Waals surface area contributed by atoms with Crippen molar-refractivity contribution in [1.82, 2.24) is 0 Å². The Labute approximate surface area is 111 Å². The predicted octanol–water partition coefficient (Wildman–Crippen LogP) is 4.65. The molecule has 16 heavy (non-hydrogen) atoms. The van der Waals surface area contributed by atoms with E-state index in [1.54, 1.807) is 0 Å². The summed E-state index contributed by atoms with van der Waals surface area (Å²) in [5.41, 5.74) is 6.39. The molecule has 2 rings (SSSR count). The van der Waals surface area contributed by atoms with Gasteiger partial charge in [-0.15, -0.1) is 11.3 Å². The number of halogens is 1. The highest BCUT2D eigenvalue weighted by Crippen LogP contribution is 2.39. The fourth-order valence-electron chi connectivity index (χ4n) is 2.52. The van der Waals surface area contributed by atoms with Crippen molar-refractivity contribution in [2.24, 2.45) is 17.6 Å². The van der Waals surface area contributed by atoms with Crippen molar-refractivity contribution in [2.45, 2.75) is 45.6 Å². The van der Waals surface area contributed by atoms with Crippen LogP contribution in [0, 0.1) is 18.8 Å². The molecule has 0 bridgehead atoms. The normalized spacial score (nSPS) is 28.0. The van der Waals surface area contributed by atoms with Crippen LogP contribution in [0.3, 0.4) is 0 Å². The van der Waals surface area contributed by atoms with Gasteiger partial charge in [0.2, 0.25) is 0 Å². The molecule has 1 aromatic heterocycles. The van der Waals surface area contributed by atoms with Crippen LogP contribution in [0.2, 0.25) is 0 Å². The van der Waals surface area contributed by atoms with Crippen LogP contribution in [0.1, 0.15) is 48.4 Å². The standard InChI is InChI=1S/C13H20BrNS/c1-8-3-5-10(6-4-8)13(15)12-7-11(14)9(2)16-12/h7-8,10,13H,3-6,15H2,1-2H3. The van der Waals surface area contributed by atoms with Gasteiger partial charge in [-0.1, -0.05) is 19.8 Å². The maximum atomic E-state index is 6.39. The molecule has 0 spiro atoms. The van der Waals surface area contributed by atoms with Crippen molar-refractivity contribution in [3.05, 3.63) is 20.3 Å². The van der Waals surface area contributed by atoms with E-state index in [1.165, 1.54) is 39.9 Å². The van der Waals surface area contributed by atoms with E-state index in [1.807, 2.05) is 11.3 Å². The summed E-state index contributed by atoms with van der Waals surface area (Å²) in [5.74, 6) is 1.60. The van der Waals surface area contributed by atoms with Crippen LogP contribution < -0.4 is 5.73 Å². The van der Waals surface area contributed by atoms with E-state index in [9.17, 15) is 0 Å². The average molecular weight is 302 g/mol. The minimum atomic E-state index is 0.252. The first kappa shape index (κ1) is 12.6. The molecule has 0 radical (unpaired) electrons. The largest absolute Gasteiger partial charge is 0.323 e. The van der Waals surface area contributed by atoms with Crippen LogP contribution in [0.5, 0.6) is 0 Å². The van der Waals surface area contributed by atoms with Gasteiger partial charge in [0.05, 0.1) is 0 Å². The molecule has 0 aliphatic heterocycles. The summed E-state index contributed by atoms with van der Waals surface area (Å²) in [4.78, 5) is 2.69. The second kappa shape index (κ2) is 5.19. The van der Waals surface area contributed by atoms with Crippen LogP contribution in [0.25, 0.3) is 0 Å². The second-order valence-corrected chi connectivity index (χ2v) is 7.24. The van der Waals surface area contributed by atoms with Crippen molar-refractivity contribution in [3.63, 3.8) is 0 Å². The highest BCUT2D eigenvalue weighted by molar-refractivity contribution is 9.10. The third kappa shape index (κ3) is 2.69. The molecular formula is C13H20BrNS. The quantitative estimate of drug-likeness (QED) is 0.846. The van der Waals surface area contributed by atoms with Gasteiger partial charge < -0.3 is 5.73 Å². The summed E-state index contributed by atoms with van der Waals surface area (Å²) >= 11 is 5.42. The molecule has 3 heteroatoms. The number of nitrogens with two attached hydrogens (primary N) is 1. The molecule has 2 N–H and O–H groups in total. The molecule has 1 fully saturated rings. The minimum absolute atomic E-state index is 0.252. The lowest BCUT2D eigenvalue weighted by atomic mass is 9.79. The van der Waals surface area contributed by atoms with E-state index >= 15 is 0 Å². The molecule has 1 aliphatic carbocycles. The van der Waals surface area contributed by atoms with E-state index in [4.69, 9.17) is 5.73 Å². The van der Waals surface area contributed by atoms with Gasteiger partial charge >= 0.3 is 0 Å². The van der Waals surface area contributed by atoms with E-state index in [2.05, 4.69) is 35.8 Å². The first-order valence-electron chi connectivity index (χ1n) is 6.09. The highest BCUT2D eigenvalue weighted by atomic mass is 79.9. The molecular weight excluding hydrogens is 282 g/mol. The Morgan fingerprint density at radius 3 is 2.50 bits per heavy atom. The zero-order chi connectivity index (χ0) is 11.7. The Morgan fingerprint density at radius 2 is 2.00 bits per heavy atom. The third-order valence-electron chi connectivity index (χ3n) is 3.77. The van der Waals surface area contributed by atoms with Gasteiger partial charge in [0, 0.05) is 20.3 Å². The lowest BCUT2D eigenvalue weighted by molar-refractivity contribution is 0.258. The van der Waals surface area contributed by atoms with Gasteiger partial charge in [-0.2, -0.15) is 0 Å². The Kier molecular flexibility index (Phi) is 4.09. The number of aryl methyl sites for hydroxylation is 1. The Hall–Kier alpha value is 0.140. The van der Waals surface area contributed by atoms with Crippen molar-refractivity contribution in [2.75, 3.05) is 0 Å². The van der Waals surface area contributed by atoms with Crippen LogP contribution in [0.15, 0.2) is 10.5 Å².